The molecule has 0 aliphatic heterocycles. The summed E-state index contributed by atoms with van der Waals surface area (Å²) >= 11 is 3.56. The lowest BCUT2D eigenvalue weighted by Gasteiger charge is -2.22. The number of rotatable bonds is 6. The monoisotopic (exact) mass is 334 g/mol. The van der Waals surface area contributed by atoms with Crippen molar-refractivity contribution in [3.63, 3.8) is 0 Å². The van der Waals surface area contributed by atoms with Gasteiger partial charge in [0, 0.05) is 29.8 Å². The van der Waals surface area contributed by atoms with E-state index >= 15 is 0 Å². The van der Waals surface area contributed by atoms with Crippen LogP contribution < -0.4 is 10.2 Å². The summed E-state index contributed by atoms with van der Waals surface area (Å²) in [5.41, 5.74) is 2.57. The van der Waals surface area contributed by atoms with Crippen molar-refractivity contribution in [2.45, 2.75) is 32.0 Å². The maximum Gasteiger partial charge on any atom is 0.123 e. The summed E-state index contributed by atoms with van der Waals surface area (Å²) in [6.45, 7) is 1.70. The Morgan fingerprint density at radius 2 is 2.20 bits per heavy atom. The molecular weight excluding hydrogens is 316 g/mol. The minimum Gasteiger partial charge on any atom is -0.467 e. The van der Waals surface area contributed by atoms with E-state index in [1.165, 1.54) is 24.1 Å². The fourth-order valence-electron chi connectivity index (χ4n) is 2.31. The van der Waals surface area contributed by atoms with E-state index in [4.69, 9.17) is 4.42 Å². The molecule has 2 aromatic rings. The number of halogens is 1. The van der Waals surface area contributed by atoms with Gasteiger partial charge in [-0.2, -0.15) is 0 Å². The molecule has 0 saturated heterocycles. The summed E-state index contributed by atoms with van der Waals surface area (Å²) in [5, 5.41) is 3.58. The molecule has 1 aromatic carbocycles. The van der Waals surface area contributed by atoms with Gasteiger partial charge >= 0.3 is 0 Å². The van der Waals surface area contributed by atoms with Crippen LogP contribution in [-0.4, -0.2) is 13.1 Å². The third-order valence-corrected chi connectivity index (χ3v) is 4.08. The van der Waals surface area contributed by atoms with Gasteiger partial charge < -0.3 is 14.6 Å². The number of nitrogens with one attached hydrogen (secondary N) is 1. The number of benzene rings is 1. The van der Waals surface area contributed by atoms with Gasteiger partial charge in [-0.15, -0.1) is 0 Å². The minimum atomic E-state index is 0.724. The number of furan rings is 1. The second-order valence-corrected chi connectivity index (χ2v) is 6.28. The molecule has 4 heteroatoms. The van der Waals surface area contributed by atoms with Crippen molar-refractivity contribution in [3.05, 3.63) is 52.4 Å². The molecule has 0 bridgehead atoms. The molecule has 0 spiro atoms. The normalized spacial score (nSPS) is 14.5. The first kappa shape index (κ1) is 13.7. The summed E-state index contributed by atoms with van der Waals surface area (Å²) in [6.07, 6.45) is 4.35. The van der Waals surface area contributed by atoms with Gasteiger partial charge in [-0.1, -0.05) is 22.0 Å². The molecule has 20 heavy (non-hydrogen) atoms. The van der Waals surface area contributed by atoms with Crippen LogP contribution in [0.2, 0.25) is 0 Å². The van der Waals surface area contributed by atoms with Crippen molar-refractivity contribution in [2.75, 3.05) is 11.9 Å². The zero-order valence-electron chi connectivity index (χ0n) is 11.6. The molecule has 1 aliphatic rings. The van der Waals surface area contributed by atoms with Crippen LogP contribution in [0.15, 0.2) is 45.5 Å². The van der Waals surface area contributed by atoms with E-state index < -0.39 is 0 Å². The molecular formula is C16H19BrN2O. The number of anilines is 1. The highest BCUT2D eigenvalue weighted by Gasteiger charge is 2.21. The first-order chi connectivity index (χ1) is 9.72. The standard InChI is InChI=1S/C16H19BrN2O/c1-19(11-15-3-2-8-20-15)16-9-13(17)5-4-12(16)10-18-14-6-7-14/h2-5,8-9,14,18H,6-7,10-11H2,1H3. The number of hydrogen-bond acceptors (Lipinski definition) is 3. The minimum absolute atomic E-state index is 0.724. The van der Waals surface area contributed by atoms with Crippen LogP contribution >= 0.6 is 15.9 Å². The van der Waals surface area contributed by atoms with Crippen molar-refractivity contribution in [1.29, 1.82) is 0 Å². The van der Waals surface area contributed by atoms with Gasteiger partial charge in [0.25, 0.3) is 0 Å². The van der Waals surface area contributed by atoms with Crippen molar-refractivity contribution in [3.8, 4) is 0 Å². The first-order valence-electron chi connectivity index (χ1n) is 6.98. The van der Waals surface area contributed by atoms with Crippen LogP contribution in [-0.2, 0) is 13.1 Å². The Morgan fingerprint density at radius 1 is 1.35 bits per heavy atom. The van der Waals surface area contributed by atoms with Gasteiger partial charge in [-0.3, -0.25) is 0 Å². The van der Waals surface area contributed by atoms with Crippen LogP contribution in [0, 0.1) is 0 Å². The maximum atomic E-state index is 5.43. The zero-order valence-corrected chi connectivity index (χ0v) is 13.2. The predicted molar refractivity (Wildman–Crippen MR) is 84.8 cm³/mol. The van der Waals surface area contributed by atoms with Crippen LogP contribution in [0.4, 0.5) is 5.69 Å². The van der Waals surface area contributed by atoms with Crippen molar-refractivity contribution in [2.24, 2.45) is 0 Å². The van der Waals surface area contributed by atoms with E-state index in [0.717, 1.165) is 29.4 Å². The van der Waals surface area contributed by atoms with Crippen molar-refractivity contribution in [1.82, 2.24) is 5.32 Å². The lowest BCUT2D eigenvalue weighted by atomic mass is 10.1. The lowest BCUT2D eigenvalue weighted by Crippen LogP contribution is -2.21. The zero-order chi connectivity index (χ0) is 13.9. The number of nitrogens with zero attached hydrogens (tertiary/aromatic N) is 1. The van der Waals surface area contributed by atoms with Gasteiger partial charge in [0.2, 0.25) is 0 Å². The van der Waals surface area contributed by atoms with Gasteiger partial charge in [0.05, 0.1) is 12.8 Å². The highest BCUT2D eigenvalue weighted by Crippen LogP contribution is 2.27. The van der Waals surface area contributed by atoms with Gasteiger partial charge in [-0.05, 0) is 42.7 Å². The Kier molecular flexibility index (Phi) is 4.13. The Hall–Kier alpha value is -1.26. The molecule has 3 nitrogen and oxygen atoms in total. The molecule has 1 N–H and O–H groups in total. The van der Waals surface area contributed by atoms with Crippen molar-refractivity contribution >= 4 is 21.6 Å². The quantitative estimate of drug-likeness (QED) is 0.867. The van der Waals surface area contributed by atoms with E-state index in [1.54, 1.807) is 6.26 Å². The second-order valence-electron chi connectivity index (χ2n) is 5.36. The Labute approximate surface area is 128 Å². The second kappa shape index (κ2) is 6.02. The van der Waals surface area contributed by atoms with Gasteiger partial charge in [-0.25, -0.2) is 0 Å². The summed E-state index contributed by atoms with van der Waals surface area (Å²) in [4.78, 5) is 2.23. The molecule has 0 atom stereocenters. The first-order valence-corrected chi connectivity index (χ1v) is 7.77. The van der Waals surface area contributed by atoms with Crippen LogP contribution in [0.3, 0.4) is 0 Å². The molecule has 3 rings (SSSR count). The molecule has 1 fully saturated rings. The largest absolute Gasteiger partial charge is 0.467 e. The molecule has 1 aliphatic carbocycles. The summed E-state index contributed by atoms with van der Waals surface area (Å²) in [7, 11) is 2.10. The average Bonchev–Trinajstić information content (AvgIpc) is 3.13. The smallest absolute Gasteiger partial charge is 0.123 e. The van der Waals surface area contributed by atoms with Gasteiger partial charge in [0.1, 0.15) is 5.76 Å². The topological polar surface area (TPSA) is 28.4 Å². The van der Waals surface area contributed by atoms with Crippen molar-refractivity contribution < 1.29 is 4.42 Å². The van der Waals surface area contributed by atoms with Gasteiger partial charge in [0.15, 0.2) is 0 Å². The highest BCUT2D eigenvalue weighted by molar-refractivity contribution is 9.10. The Bertz CT molecular complexity index is 564. The summed E-state index contributed by atoms with van der Waals surface area (Å²) in [6, 6.07) is 11.1. The van der Waals surface area contributed by atoms with E-state index in [1.807, 2.05) is 12.1 Å². The molecule has 106 valence electrons. The molecule has 0 radical (unpaired) electrons. The van der Waals surface area contributed by atoms with Crippen LogP contribution in [0.1, 0.15) is 24.2 Å². The molecule has 0 unspecified atom stereocenters. The molecule has 1 heterocycles. The van der Waals surface area contributed by atoms with Crippen LogP contribution in [0.5, 0.6) is 0 Å². The fourth-order valence-corrected chi connectivity index (χ4v) is 2.65. The van der Waals surface area contributed by atoms with E-state index in [2.05, 4.69) is 51.4 Å². The lowest BCUT2D eigenvalue weighted by molar-refractivity contribution is 0.507. The molecule has 1 saturated carbocycles. The predicted octanol–water partition coefficient (Wildman–Crippen LogP) is 3.93. The van der Waals surface area contributed by atoms with E-state index in [9.17, 15) is 0 Å². The Morgan fingerprint density at radius 3 is 2.90 bits per heavy atom. The fraction of sp³-hybridized carbons (Fsp3) is 0.375. The summed E-state index contributed by atoms with van der Waals surface area (Å²) < 4.78 is 6.54. The SMILES string of the molecule is CN(Cc1ccco1)c1cc(Br)ccc1CNC1CC1. The molecule has 1 aromatic heterocycles. The van der Waals surface area contributed by atoms with E-state index in [-0.39, 0.29) is 0 Å². The average molecular weight is 335 g/mol. The highest BCUT2D eigenvalue weighted by atomic mass is 79.9. The molecule has 0 amide bonds. The number of hydrogen-bond donors (Lipinski definition) is 1. The van der Waals surface area contributed by atoms with E-state index in [0.29, 0.717) is 0 Å². The third-order valence-electron chi connectivity index (χ3n) is 3.59. The van der Waals surface area contributed by atoms with Crippen LogP contribution in [0.25, 0.3) is 0 Å². The third kappa shape index (κ3) is 3.44. The maximum absolute atomic E-state index is 5.43. The Balaban J connectivity index is 1.76. The summed E-state index contributed by atoms with van der Waals surface area (Å²) in [5.74, 6) is 0.980.